The van der Waals surface area contributed by atoms with Crippen molar-refractivity contribution in [2.75, 3.05) is 0 Å². The van der Waals surface area contributed by atoms with Gasteiger partial charge in [0, 0.05) is 0 Å². The first-order chi connectivity index (χ1) is 13.8. The number of nitrogens with one attached hydrogen (secondary N) is 1. The van der Waals surface area contributed by atoms with Crippen LogP contribution in [0, 0.1) is 0 Å². The molecule has 0 aliphatic rings. The van der Waals surface area contributed by atoms with Gasteiger partial charge in [-0.15, -0.1) is 0 Å². The lowest BCUT2D eigenvalue weighted by Crippen LogP contribution is -2.25. The van der Waals surface area contributed by atoms with Gasteiger partial charge in [-0.1, -0.05) is 79.7 Å². The second-order valence-electron chi connectivity index (χ2n) is 6.45. The molecule has 142 valence electrons. The summed E-state index contributed by atoms with van der Waals surface area (Å²) < 4.78 is 5.82. The Kier molecular flexibility index (Phi) is 6.96. The van der Waals surface area contributed by atoms with Gasteiger partial charge in [-0.3, -0.25) is 4.79 Å². The molecular formula is C24H24N2O2. The number of amides is 1. The number of carbonyl (C=O) groups is 1. The van der Waals surface area contributed by atoms with Crippen molar-refractivity contribution in [3.63, 3.8) is 0 Å². The average Bonchev–Trinajstić information content (AvgIpc) is 2.75. The van der Waals surface area contributed by atoms with Crippen molar-refractivity contribution in [2.24, 2.45) is 5.10 Å². The van der Waals surface area contributed by atoms with E-state index in [2.05, 4.69) is 10.5 Å². The zero-order valence-corrected chi connectivity index (χ0v) is 15.9. The molecule has 3 aromatic carbocycles. The van der Waals surface area contributed by atoms with Crippen molar-refractivity contribution in [2.45, 2.75) is 25.9 Å². The van der Waals surface area contributed by atoms with Crippen LogP contribution in [0.2, 0.25) is 0 Å². The van der Waals surface area contributed by atoms with Gasteiger partial charge in [0.25, 0.3) is 0 Å². The van der Waals surface area contributed by atoms with Crippen LogP contribution in [-0.4, -0.2) is 12.1 Å². The second-order valence-corrected chi connectivity index (χ2v) is 6.45. The number of hydrazone groups is 1. The molecule has 0 spiro atoms. The summed E-state index contributed by atoms with van der Waals surface area (Å²) in [6.07, 6.45) is 2.35. The third-order valence-electron chi connectivity index (χ3n) is 4.42. The van der Waals surface area contributed by atoms with Gasteiger partial charge in [0.05, 0.1) is 12.1 Å². The van der Waals surface area contributed by atoms with Crippen molar-refractivity contribution in [1.29, 1.82) is 0 Å². The number of nitrogens with zero attached hydrogens (tertiary/aromatic N) is 1. The maximum atomic E-state index is 12.4. The van der Waals surface area contributed by atoms with Crippen LogP contribution in [0.3, 0.4) is 0 Å². The molecule has 1 atom stereocenters. The molecule has 1 N–H and O–H groups in total. The van der Waals surface area contributed by atoms with Crippen LogP contribution in [0.5, 0.6) is 5.75 Å². The van der Waals surface area contributed by atoms with E-state index in [0.29, 0.717) is 13.0 Å². The summed E-state index contributed by atoms with van der Waals surface area (Å²) in [6, 6.07) is 27.4. The standard InChI is InChI=1S/C24H24N2O2/c1-2-23(21-13-7-4-8-14-21)24(27)26-25-17-20-12-9-15-22(16-20)28-18-19-10-5-3-6-11-19/h3-17,23H,2,18H2,1H3,(H,26,27). The van der Waals surface area contributed by atoms with Gasteiger partial charge in [0.2, 0.25) is 5.91 Å². The fraction of sp³-hybridized carbons (Fsp3) is 0.167. The van der Waals surface area contributed by atoms with E-state index in [0.717, 1.165) is 22.4 Å². The molecule has 0 aliphatic heterocycles. The minimum atomic E-state index is -0.209. The Morgan fingerprint density at radius 3 is 2.43 bits per heavy atom. The third kappa shape index (κ3) is 5.55. The topological polar surface area (TPSA) is 50.7 Å². The quantitative estimate of drug-likeness (QED) is 0.451. The monoisotopic (exact) mass is 372 g/mol. The number of rotatable bonds is 8. The minimum absolute atomic E-state index is 0.110. The molecule has 3 rings (SSSR count). The fourth-order valence-electron chi connectivity index (χ4n) is 2.93. The highest BCUT2D eigenvalue weighted by molar-refractivity contribution is 5.86. The molecule has 0 bridgehead atoms. The van der Waals surface area contributed by atoms with Crippen molar-refractivity contribution < 1.29 is 9.53 Å². The van der Waals surface area contributed by atoms with Crippen LogP contribution < -0.4 is 10.2 Å². The molecule has 0 heterocycles. The van der Waals surface area contributed by atoms with Gasteiger partial charge < -0.3 is 4.74 Å². The molecular weight excluding hydrogens is 348 g/mol. The third-order valence-corrected chi connectivity index (χ3v) is 4.42. The van der Waals surface area contributed by atoms with Crippen LogP contribution in [0.25, 0.3) is 0 Å². The van der Waals surface area contributed by atoms with Gasteiger partial charge in [-0.05, 0) is 35.2 Å². The summed E-state index contributed by atoms with van der Waals surface area (Å²) in [7, 11) is 0. The van der Waals surface area contributed by atoms with E-state index >= 15 is 0 Å². The summed E-state index contributed by atoms with van der Waals surface area (Å²) in [5, 5.41) is 4.12. The van der Waals surface area contributed by atoms with E-state index < -0.39 is 0 Å². The highest BCUT2D eigenvalue weighted by Crippen LogP contribution is 2.19. The van der Waals surface area contributed by atoms with Gasteiger partial charge in [-0.2, -0.15) is 5.10 Å². The van der Waals surface area contributed by atoms with Gasteiger partial charge in [0.1, 0.15) is 12.4 Å². The van der Waals surface area contributed by atoms with Gasteiger partial charge in [0.15, 0.2) is 0 Å². The molecule has 0 saturated heterocycles. The summed E-state index contributed by atoms with van der Waals surface area (Å²) >= 11 is 0. The number of benzene rings is 3. The number of ether oxygens (including phenoxy) is 1. The van der Waals surface area contributed by atoms with Crippen molar-refractivity contribution in [3.05, 3.63) is 102 Å². The zero-order valence-electron chi connectivity index (χ0n) is 15.9. The largest absolute Gasteiger partial charge is 0.489 e. The first-order valence-corrected chi connectivity index (χ1v) is 9.41. The lowest BCUT2D eigenvalue weighted by Gasteiger charge is -2.13. The molecule has 0 aliphatic carbocycles. The molecule has 4 heteroatoms. The van der Waals surface area contributed by atoms with Crippen molar-refractivity contribution >= 4 is 12.1 Å². The number of hydrogen-bond acceptors (Lipinski definition) is 3. The van der Waals surface area contributed by atoms with Gasteiger partial charge >= 0.3 is 0 Å². The Hall–Kier alpha value is -3.40. The first kappa shape index (κ1) is 19.4. The summed E-state index contributed by atoms with van der Waals surface area (Å²) in [6.45, 7) is 2.50. The Labute approximate surface area is 165 Å². The summed E-state index contributed by atoms with van der Waals surface area (Å²) in [5.41, 5.74) is 5.61. The Morgan fingerprint density at radius 1 is 1.00 bits per heavy atom. The summed E-state index contributed by atoms with van der Waals surface area (Å²) in [4.78, 5) is 12.4. The molecule has 4 nitrogen and oxygen atoms in total. The lowest BCUT2D eigenvalue weighted by molar-refractivity contribution is -0.122. The predicted molar refractivity (Wildman–Crippen MR) is 112 cm³/mol. The normalized spacial score (nSPS) is 11.9. The number of hydrogen-bond donors (Lipinski definition) is 1. The molecule has 0 aromatic heterocycles. The first-order valence-electron chi connectivity index (χ1n) is 9.41. The fourth-order valence-corrected chi connectivity index (χ4v) is 2.93. The van der Waals surface area contributed by atoms with Crippen LogP contribution >= 0.6 is 0 Å². The molecule has 0 radical (unpaired) electrons. The lowest BCUT2D eigenvalue weighted by atomic mass is 9.96. The number of carbonyl (C=O) groups excluding carboxylic acids is 1. The highest BCUT2D eigenvalue weighted by Gasteiger charge is 2.17. The predicted octanol–water partition coefficient (Wildman–Crippen LogP) is 4.91. The molecule has 0 saturated carbocycles. The van der Waals surface area contributed by atoms with Crippen LogP contribution in [-0.2, 0) is 11.4 Å². The van der Waals surface area contributed by atoms with Crippen molar-refractivity contribution in [3.8, 4) is 5.75 Å². The van der Waals surface area contributed by atoms with Crippen LogP contribution in [0.1, 0.15) is 36.0 Å². The Balaban J connectivity index is 1.57. The van der Waals surface area contributed by atoms with E-state index in [4.69, 9.17) is 4.74 Å². The minimum Gasteiger partial charge on any atom is -0.489 e. The highest BCUT2D eigenvalue weighted by atomic mass is 16.5. The Bertz CT molecular complexity index is 908. The maximum Gasteiger partial charge on any atom is 0.247 e. The van der Waals surface area contributed by atoms with E-state index in [9.17, 15) is 4.79 Å². The van der Waals surface area contributed by atoms with Crippen LogP contribution in [0.4, 0.5) is 0 Å². The van der Waals surface area contributed by atoms with Crippen molar-refractivity contribution in [1.82, 2.24) is 5.43 Å². The zero-order chi connectivity index (χ0) is 19.6. The average molecular weight is 372 g/mol. The van der Waals surface area contributed by atoms with E-state index in [1.807, 2.05) is 91.9 Å². The Morgan fingerprint density at radius 2 is 1.71 bits per heavy atom. The van der Waals surface area contributed by atoms with E-state index in [-0.39, 0.29) is 11.8 Å². The molecule has 28 heavy (non-hydrogen) atoms. The SMILES string of the molecule is CCC(C(=O)NN=Cc1cccc(OCc2ccccc2)c1)c1ccccc1. The molecule has 3 aromatic rings. The smallest absolute Gasteiger partial charge is 0.247 e. The maximum absolute atomic E-state index is 12.4. The van der Waals surface area contributed by atoms with Gasteiger partial charge in [-0.25, -0.2) is 5.43 Å². The second kappa shape index (κ2) is 10.1. The van der Waals surface area contributed by atoms with E-state index in [1.54, 1.807) is 6.21 Å². The molecule has 1 amide bonds. The van der Waals surface area contributed by atoms with E-state index in [1.165, 1.54) is 0 Å². The molecule has 1 unspecified atom stereocenters. The summed E-state index contributed by atoms with van der Waals surface area (Å²) in [5.74, 6) is 0.440. The molecule has 0 fully saturated rings. The van der Waals surface area contributed by atoms with Crippen LogP contribution in [0.15, 0.2) is 90.0 Å².